The van der Waals surface area contributed by atoms with Crippen LogP contribution in [0, 0.1) is 0 Å². The molecule has 1 aliphatic carbocycles. The predicted molar refractivity (Wildman–Crippen MR) is 87.1 cm³/mol. The van der Waals surface area contributed by atoms with E-state index in [1.807, 2.05) is 18.2 Å². The highest BCUT2D eigenvalue weighted by Gasteiger charge is 2.34. The van der Waals surface area contributed by atoms with Gasteiger partial charge < -0.3 is 10.2 Å². The molecule has 0 fully saturated rings. The second kappa shape index (κ2) is 6.30. The second-order valence-electron chi connectivity index (χ2n) is 6.12. The van der Waals surface area contributed by atoms with Crippen LogP contribution < -0.4 is 10.2 Å². The lowest BCUT2D eigenvalue weighted by Crippen LogP contribution is -2.21. The summed E-state index contributed by atoms with van der Waals surface area (Å²) in [5.74, 6) is 0.235. The number of aryl methyl sites for hydroxylation is 1. The van der Waals surface area contributed by atoms with Crippen LogP contribution in [0.5, 0.6) is 0 Å². The molecule has 7 heteroatoms. The van der Waals surface area contributed by atoms with Crippen LogP contribution in [-0.4, -0.2) is 24.1 Å². The summed E-state index contributed by atoms with van der Waals surface area (Å²) in [5.41, 5.74) is 1.39. The molecule has 1 atom stereocenters. The van der Waals surface area contributed by atoms with Gasteiger partial charge in [0.2, 0.25) is 5.95 Å². The van der Waals surface area contributed by atoms with Crippen LogP contribution in [0.2, 0.25) is 0 Å². The number of hydrogen-bond acceptors (Lipinski definition) is 4. The number of benzene rings is 1. The summed E-state index contributed by atoms with van der Waals surface area (Å²) in [6, 6.07) is 8.87. The number of hydrogen-bond donors (Lipinski definition) is 1. The van der Waals surface area contributed by atoms with Crippen molar-refractivity contribution in [3.63, 3.8) is 0 Å². The molecule has 1 unspecified atom stereocenters. The molecule has 128 valence electrons. The zero-order valence-electron chi connectivity index (χ0n) is 13.6. The Kier molecular flexibility index (Phi) is 4.34. The molecule has 1 heterocycles. The van der Waals surface area contributed by atoms with Gasteiger partial charge in [0.1, 0.15) is 5.82 Å². The predicted octanol–water partition coefficient (Wildman–Crippen LogP) is 4.05. The van der Waals surface area contributed by atoms with E-state index in [-0.39, 0.29) is 17.8 Å². The van der Waals surface area contributed by atoms with E-state index in [2.05, 4.69) is 21.4 Å². The third-order valence-corrected chi connectivity index (χ3v) is 4.13. The number of alkyl halides is 3. The first-order valence-corrected chi connectivity index (χ1v) is 7.82. The van der Waals surface area contributed by atoms with Crippen LogP contribution in [0.1, 0.15) is 35.7 Å². The Balaban J connectivity index is 1.94. The van der Waals surface area contributed by atoms with Crippen LogP contribution in [0.25, 0.3) is 0 Å². The first-order chi connectivity index (χ1) is 11.3. The molecule has 0 saturated carbocycles. The Morgan fingerprint density at radius 2 is 1.92 bits per heavy atom. The topological polar surface area (TPSA) is 41.1 Å². The second-order valence-corrected chi connectivity index (χ2v) is 6.12. The normalized spacial score (nSPS) is 17.3. The Morgan fingerprint density at radius 1 is 1.17 bits per heavy atom. The maximum absolute atomic E-state index is 13.1. The summed E-state index contributed by atoms with van der Waals surface area (Å²) in [4.78, 5) is 9.44. The van der Waals surface area contributed by atoms with E-state index in [1.165, 1.54) is 10.5 Å². The maximum atomic E-state index is 13.1. The van der Waals surface area contributed by atoms with Crippen molar-refractivity contribution in [2.75, 3.05) is 24.3 Å². The minimum atomic E-state index is -4.51. The van der Waals surface area contributed by atoms with Crippen LogP contribution in [0.15, 0.2) is 30.3 Å². The van der Waals surface area contributed by atoms with Gasteiger partial charge in [-0.1, -0.05) is 24.3 Å². The van der Waals surface area contributed by atoms with Crippen molar-refractivity contribution < 1.29 is 13.2 Å². The molecule has 0 amide bonds. The molecule has 3 rings (SSSR count). The molecule has 24 heavy (non-hydrogen) atoms. The highest BCUT2D eigenvalue weighted by molar-refractivity contribution is 5.46. The molecular formula is C17H19F3N4. The summed E-state index contributed by atoms with van der Waals surface area (Å²) < 4.78 is 39.3. The van der Waals surface area contributed by atoms with Crippen molar-refractivity contribution in [2.45, 2.75) is 31.5 Å². The van der Waals surface area contributed by atoms with Crippen LogP contribution in [0.3, 0.4) is 0 Å². The van der Waals surface area contributed by atoms with E-state index < -0.39 is 11.9 Å². The molecule has 2 aromatic rings. The largest absolute Gasteiger partial charge is 0.433 e. The van der Waals surface area contributed by atoms with Gasteiger partial charge in [-0.05, 0) is 30.4 Å². The molecule has 0 radical (unpaired) electrons. The fourth-order valence-corrected chi connectivity index (χ4v) is 2.93. The fraction of sp³-hybridized carbons (Fsp3) is 0.412. The zero-order chi connectivity index (χ0) is 17.3. The smallest absolute Gasteiger partial charge is 0.363 e. The number of halogens is 3. The lowest BCUT2D eigenvalue weighted by molar-refractivity contribution is -0.141. The van der Waals surface area contributed by atoms with E-state index in [1.54, 1.807) is 14.1 Å². The Hall–Kier alpha value is -2.31. The third kappa shape index (κ3) is 3.44. The monoisotopic (exact) mass is 336 g/mol. The van der Waals surface area contributed by atoms with Gasteiger partial charge in [0.05, 0.1) is 6.04 Å². The van der Waals surface area contributed by atoms with Crippen LogP contribution >= 0.6 is 0 Å². The quantitative estimate of drug-likeness (QED) is 0.918. The molecule has 4 nitrogen and oxygen atoms in total. The first-order valence-electron chi connectivity index (χ1n) is 7.82. The van der Waals surface area contributed by atoms with E-state index in [0.717, 1.165) is 30.9 Å². The zero-order valence-corrected chi connectivity index (χ0v) is 13.6. The standard InChI is InChI=1S/C17H19F3N4/c1-24(2)15-10-14(17(18,19)20)22-16(23-15)21-13-9-5-7-11-6-3-4-8-12(11)13/h3-4,6,8,10,13H,5,7,9H2,1-2H3,(H,21,22,23). The lowest BCUT2D eigenvalue weighted by atomic mass is 9.88. The van der Waals surface area contributed by atoms with Gasteiger partial charge in [-0.2, -0.15) is 18.2 Å². The van der Waals surface area contributed by atoms with E-state index in [9.17, 15) is 13.2 Å². The van der Waals surface area contributed by atoms with Crippen LogP contribution in [-0.2, 0) is 12.6 Å². The van der Waals surface area contributed by atoms with Crippen molar-refractivity contribution in [2.24, 2.45) is 0 Å². The Labute approximate surface area is 138 Å². The molecule has 1 aliphatic rings. The van der Waals surface area contributed by atoms with E-state index in [0.29, 0.717) is 0 Å². The lowest BCUT2D eigenvalue weighted by Gasteiger charge is -2.27. The van der Waals surface area contributed by atoms with Crippen molar-refractivity contribution in [3.05, 3.63) is 47.2 Å². The van der Waals surface area contributed by atoms with Crippen molar-refractivity contribution in [1.29, 1.82) is 0 Å². The van der Waals surface area contributed by atoms with Gasteiger partial charge in [0.25, 0.3) is 0 Å². The highest BCUT2D eigenvalue weighted by atomic mass is 19.4. The summed E-state index contributed by atoms with van der Waals surface area (Å²) >= 11 is 0. The SMILES string of the molecule is CN(C)c1cc(C(F)(F)F)nc(NC2CCCc3ccccc32)n1. The summed E-state index contributed by atoms with van der Waals surface area (Å²) in [6.45, 7) is 0. The van der Waals surface area contributed by atoms with Gasteiger partial charge in [0, 0.05) is 20.2 Å². The number of aromatic nitrogens is 2. The average molecular weight is 336 g/mol. The van der Waals surface area contributed by atoms with Gasteiger partial charge in [0.15, 0.2) is 5.69 Å². The molecule has 1 N–H and O–H groups in total. The van der Waals surface area contributed by atoms with Gasteiger partial charge in [-0.15, -0.1) is 0 Å². The number of nitrogens with one attached hydrogen (secondary N) is 1. The number of fused-ring (bicyclic) bond motifs is 1. The van der Waals surface area contributed by atoms with Crippen molar-refractivity contribution in [1.82, 2.24) is 9.97 Å². The molecule has 1 aromatic carbocycles. The number of nitrogens with zero attached hydrogens (tertiary/aromatic N) is 3. The first kappa shape index (κ1) is 16.5. The Morgan fingerprint density at radius 3 is 2.62 bits per heavy atom. The number of anilines is 2. The van der Waals surface area contributed by atoms with Crippen LogP contribution in [0.4, 0.5) is 24.9 Å². The summed E-state index contributed by atoms with van der Waals surface area (Å²) in [7, 11) is 3.31. The van der Waals surface area contributed by atoms with E-state index in [4.69, 9.17) is 0 Å². The van der Waals surface area contributed by atoms with Gasteiger partial charge in [-0.3, -0.25) is 0 Å². The minimum Gasteiger partial charge on any atom is -0.363 e. The van der Waals surface area contributed by atoms with Gasteiger partial charge >= 0.3 is 6.18 Å². The van der Waals surface area contributed by atoms with Crippen molar-refractivity contribution >= 4 is 11.8 Å². The fourth-order valence-electron chi connectivity index (χ4n) is 2.93. The number of rotatable bonds is 3. The van der Waals surface area contributed by atoms with E-state index >= 15 is 0 Å². The Bertz CT molecular complexity index is 728. The third-order valence-electron chi connectivity index (χ3n) is 4.13. The minimum absolute atomic E-state index is 0.00947. The molecule has 0 saturated heterocycles. The molecule has 0 spiro atoms. The molecule has 0 aliphatic heterocycles. The summed E-state index contributed by atoms with van der Waals surface area (Å²) in [5, 5.41) is 3.10. The molecule has 0 bridgehead atoms. The maximum Gasteiger partial charge on any atom is 0.433 e. The molecular weight excluding hydrogens is 317 g/mol. The summed E-state index contributed by atoms with van der Waals surface area (Å²) in [6.07, 6.45) is -1.70. The van der Waals surface area contributed by atoms with Gasteiger partial charge in [-0.25, -0.2) is 4.98 Å². The average Bonchev–Trinajstić information content (AvgIpc) is 2.54. The molecule has 1 aromatic heterocycles. The highest BCUT2D eigenvalue weighted by Crippen LogP contribution is 2.34. The van der Waals surface area contributed by atoms with Crippen molar-refractivity contribution in [3.8, 4) is 0 Å².